The van der Waals surface area contributed by atoms with Gasteiger partial charge in [0.2, 0.25) is 0 Å². The maximum absolute atomic E-state index is 12.3. The number of hydrogen-bond acceptors (Lipinski definition) is 3. The Morgan fingerprint density at radius 1 is 1.00 bits per heavy atom. The van der Waals surface area contributed by atoms with Crippen LogP contribution in [0.1, 0.15) is 54.1 Å². The van der Waals surface area contributed by atoms with E-state index in [0.29, 0.717) is 18.4 Å². The van der Waals surface area contributed by atoms with Crippen LogP contribution in [0.4, 0.5) is 0 Å². The fourth-order valence-corrected chi connectivity index (χ4v) is 2.56. The number of allylic oxidation sites excluding steroid dienone is 1. The van der Waals surface area contributed by atoms with E-state index in [1.165, 1.54) is 0 Å². The third-order valence-corrected chi connectivity index (χ3v) is 4.17. The molecule has 142 valence electrons. The van der Waals surface area contributed by atoms with Crippen molar-refractivity contribution in [1.82, 2.24) is 0 Å². The van der Waals surface area contributed by atoms with E-state index in [1.54, 1.807) is 24.3 Å². The molecule has 0 aliphatic carbocycles. The van der Waals surface area contributed by atoms with Gasteiger partial charge in [-0.1, -0.05) is 55.8 Å². The Balaban J connectivity index is 1.87. The van der Waals surface area contributed by atoms with Crippen LogP contribution in [-0.4, -0.2) is 23.5 Å². The number of benzene rings is 2. The average molecular weight is 366 g/mol. The van der Waals surface area contributed by atoms with Crippen LogP contribution in [0.25, 0.3) is 6.08 Å². The fourth-order valence-electron chi connectivity index (χ4n) is 2.56. The second-order valence-electron chi connectivity index (χ2n) is 6.41. The van der Waals surface area contributed by atoms with Crippen molar-refractivity contribution < 1.29 is 19.4 Å². The Labute approximate surface area is 160 Å². The van der Waals surface area contributed by atoms with E-state index in [2.05, 4.69) is 6.92 Å². The van der Waals surface area contributed by atoms with Gasteiger partial charge < -0.3 is 9.84 Å². The van der Waals surface area contributed by atoms with Crippen molar-refractivity contribution in [1.29, 1.82) is 0 Å². The monoisotopic (exact) mass is 366 g/mol. The molecule has 0 aromatic heterocycles. The molecule has 27 heavy (non-hydrogen) atoms. The second-order valence-corrected chi connectivity index (χ2v) is 6.41. The molecule has 0 saturated carbocycles. The van der Waals surface area contributed by atoms with Gasteiger partial charge in [-0.25, -0.2) is 0 Å². The number of aliphatic carboxylic acids is 1. The molecule has 0 spiro atoms. The second kappa shape index (κ2) is 11.0. The van der Waals surface area contributed by atoms with E-state index < -0.39 is 5.97 Å². The molecule has 0 unspecified atom stereocenters. The summed E-state index contributed by atoms with van der Waals surface area (Å²) < 4.78 is 5.62. The number of carbonyl (C=O) groups is 2. The number of hydrogen-bond donors (Lipinski definition) is 1. The summed E-state index contributed by atoms with van der Waals surface area (Å²) >= 11 is 0. The fraction of sp³-hybridized carbons (Fsp3) is 0.304. The minimum atomic E-state index is -0.785. The van der Waals surface area contributed by atoms with Crippen LogP contribution in [0.3, 0.4) is 0 Å². The molecule has 0 aliphatic heterocycles. The predicted molar refractivity (Wildman–Crippen MR) is 107 cm³/mol. The molecule has 4 nitrogen and oxygen atoms in total. The SMILES string of the molecule is CCCCOc1ccc(C=CC(=O)c2ccc(CCCC(=O)O)cc2)cc1. The Morgan fingerprint density at radius 2 is 1.70 bits per heavy atom. The molecule has 0 radical (unpaired) electrons. The number of ketones is 1. The van der Waals surface area contributed by atoms with Crippen molar-refractivity contribution in [2.45, 2.75) is 39.0 Å². The lowest BCUT2D eigenvalue weighted by molar-refractivity contribution is -0.137. The third kappa shape index (κ3) is 7.48. The van der Waals surface area contributed by atoms with Gasteiger partial charge in [-0.2, -0.15) is 0 Å². The predicted octanol–water partition coefficient (Wildman–Crippen LogP) is 5.17. The van der Waals surface area contributed by atoms with E-state index in [4.69, 9.17) is 9.84 Å². The van der Waals surface area contributed by atoms with Crippen LogP contribution >= 0.6 is 0 Å². The number of carboxylic acid groups (broad SMARTS) is 1. The first kappa shape index (κ1) is 20.4. The first-order valence-corrected chi connectivity index (χ1v) is 9.34. The van der Waals surface area contributed by atoms with E-state index in [9.17, 15) is 9.59 Å². The molecule has 0 aliphatic rings. The molecule has 2 rings (SSSR count). The summed E-state index contributed by atoms with van der Waals surface area (Å²) in [6.45, 7) is 2.84. The van der Waals surface area contributed by atoms with E-state index >= 15 is 0 Å². The van der Waals surface area contributed by atoms with Gasteiger partial charge in [-0.15, -0.1) is 0 Å². The standard InChI is InChI=1S/C23H26O4/c1-2-3-17-27-21-14-9-19(10-15-21)11-16-22(24)20-12-7-18(8-13-20)5-4-6-23(25)26/h7-16H,2-6,17H2,1H3,(H,25,26). The number of rotatable bonds is 11. The highest BCUT2D eigenvalue weighted by Crippen LogP contribution is 2.15. The Morgan fingerprint density at radius 3 is 2.33 bits per heavy atom. The van der Waals surface area contributed by atoms with E-state index in [0.717, 1.165) is 36.3 Å². The summed E-state index contributed by atoms with van der Waals surface area (Å²) in [6.07, 6.45) is 6.95. The molecule has 0 fully saturated rings. The van der Waals surface area contributed by atoms with Gasteiger partial charge in [0, 0.05) is 12.0 Å². The number of carboxylic acids is 1. The van der Waals surface area contributed by atoms with Gasteiger partial charge >= 0.3 is 5.97 Å². The first-order chi connectivity index (χ1) is 13.1. The van der Waals surface area contributed by atoms with Crippen molar-refractivity contribution in [3.8, 4) is 5.75 Å². The molecule has 0 saturated heterocycles. The average Bonchev–Trinajstić information content (AvgIpc) is 2.67. The molecule has 0 heterocycles. The minimum Gasteiger partial charge on any atom is -0.494 e. The Hall–Kier alpha value is -2.88. The van der Waals surface area contributed by atoms with Crippen LogP contribution in [0.15, 0.2) is 54.6 Å². The number of ether oxygens (including phenoxy) is 1. The van der Waals surface area contributed by atoms with Gasteiger partial charge in [0.05, 0.1) is 6.61 Å². The molecule has 0 bridgehead atoms. The number of carbonyl (C=O) groups excluding carboxylic acids is 1. The first-order valence-electron chi connectivity index (χ1n) is 9.34. The summed E-state index contributed by atoms with van der Waals surface area (Å²) in [6, 6.07) is 15.0. The van der Waals surface area contributed by atoms with Gasteiger partial charge in [0.1, 0.15) is 5.75 Å². The maximum atomic E-state index is 12.3. The van der Waals surface area contributed by atoms with Crippen LogP contribution in [0.2, 0.25) is 0 Å². The lowest BCUT2D eigenvalue weighted by atomic mass is 10.0. The van der Waals surface area contributed by atoms with Crippen LogP contribution in [-0.2, 0) is 11.2 Å². The molecule has 1 N–H and O–H groups in total. The number of unbranched alkanes of at least 4 members (excludes halogenated alkanes) is 1. The molecule has 2 aromatic carbocycles. The highest BCUT2D eigenvalue weighted by atomic mass is 16.5. The van der Waals surface area contributed by atoms with Gasteiger partial charge in [0.15, 0.2) is 5.78 Å². The highest BCUT2D eigenvalue weighted by Gasteiger charge is 2.03. The maximum Gasteiger partial charge on any atom is 0.303 e. The van der Waals surface area contributed by atoms with Crippen molar-refractivity contribution in [3.05, 3.63) is 71.3 Å². The smallest absolute Gasteiger partial charge is 0.303 e. The summed E-state index contributed by atoms with van der Waals surface area (Å²) in [7, 11) is 0. The zero-order valence-electron chi connectivity index (χ0n) is 15.7. The van der Waals surface area contributed by atoms with Crippen molar-refractivity contribution in [2.24, 2.45) is 0 Å². The topological polar surface area (TPSA) is 63.6 Å². The van der Waals surface area contributed by atoms with E-state index in [-0.39, 0.29) is 12.2 Å². The number of aryl methyl sites for hydroxylation is 1. The molecular weight excluding hydrogens is 340 g/mol. The molecule has 0 amide bonds. The van der Waals surface area contributed by atoms with Crippen LogP contribution < -0.4 is 4.74 Å². The molecule has 0 atom stereocenters. The quantitative estimate of drug-likeness (QED) is 0.338. The normalized spacial score (nSPS) is 10.9. The van der Waals surface area contributed by atoms with Gasteiger partial charge in [-0.3, -0.25) is 9.59 Å². The summed E-state index contributed by atoms with van der Waals surface area (Å²) in [4.78, 5) is 22.8. The summed E-state index contributed by atoms with van der Waals surface area (Å²) in [5.41, 5.74) is 2.60. The zero-order valence-corrected chi connectivity index (χ0v) is 15.7. The summed E-state index contributed by atoms with van der Waals surface area (Å²) in [5.74, 6) is -0.00624. The zero-order chi connectivity index (χ0) is 19.5. The van der Waals surface area contributed by atoms with Gasteiger partial charge in [-0.05, 0) is 48.6 Å². The minimum absolute atomic E-state index is 0.0599. The lowest BCUT2D eigenvalue weighted by Crippen LogP contribution is -1.97. The third-order valence-electron chi connectivity index (χ3n) is 4.17. The van der Waals surface area contributed by atoms with Crippen molar-refractivity contribution in [2.75, 3.05) is 6.61 Å². The largest absolute Gasteiger partial charge is 0.494 e. The molecule has 2 aromatic rings. The van der Waals surface area contributed by atoms with Crippen molar-refractivity contribution in [3.63, 3.8) is 0 Å². The Bertz CT molecular complexity index is 758. The van der Waals surface area contributed by atoms with E-state index in [1.807, 2.05) is 36.4 Å². The lowest BCUT2D eigenvalue weighted by Gasteiger charge is -2.05. The van der Waals surface area contributed by atoms with Crippen molar-refractivity contribution >= 4 is 17.8 Å². The molecular formula is C23H26O4. The highest BCUT2D eigenvalue weighted by molar-refractivity contribution is 6.06. The van der Waals surface area contributed by atoms with Crippen LogP contribution in [0, 0.1) is 0 Å². The Kier molecular flexibility index (Phi) is 8.30. The summed E-state index contributed by atoms with van der Waals surface area (Å²) in [5, 5.41) is 8.67. The molecule has 4 heteroatoms. The van der Waals surface area contributed by atoms with Gasteiger partial charge in [0.25, 0.3) is 0 Å². The van der Waals surface area contributed by atoms with Crippen LogP contribution in [0.5, 0.6) is 5.75 Å².